The summed E-state index contributed by atoms with van der Waals surface area (Å²) in [6.45, 7) is 11.7. The minimum atomic E-state index is 0.0811. The Kier molecular flexibility index (Phi) is 3.68. The average Bonchev–Trinajstić information content (AvgIpc) is 2.90. The third kappa shape index (κ3) is 2.61. The molecule has 0 unspecified atom stereocenters. The molecule has 7 heteroatoms. The number of hydrogen-bond acceptors (Lipinski definition) is 6. The number of anilines is 2. The van der Waals surface area contributed by atoms with E-state index >= 15 is 0 Å². The van der Waals surface area contributed by atoms with E-state index in [1.54, 1.807) is 6.20 Å². The lowest BCUT2D eigenvalue weighted by molar-refractivity contribution is 0.122. The van der Waals surface area contributed by atoms with Gasteiger partial charge in [-0.15, -0.1) is 0 Å². The number of hydrogen-bond donors (Lipinski definition) is 1. The predicted octanol–water partition coefficient (Wildman–Crippen LogP) is 1.85. The van der Waals surface area contributed by atoms with Gasteiger partial charge >= 0.3 is 0 Å². The molecule has 22 heavy (non-hydrogen) atoms. The van der Waals surface area contributed by atoms with E-state index in [4.69, 9.17) is 15.5 Å². The molecule has 1 fully saturated rings. The maximum absolute atomic E-state index is 6.12. The number of nitrogen functional groups attached to an aromatic ring is 1. The van der Waals surface area contributed by atoms with E-state index in [1.165, 1.54) is 0 Å². The fourth-order valence-electron chi connectivity index (χ4n) is 2.49. The molecule has 2 aromatic rings. The summed E-state index contributed by atoms with van der Waals surface area (Å²) >= 11 is 0. The highest BCUT2D eigenvalue weighted by atomic mass is 16.5. The highest BCUT2D eigenvalue weighted by Crippen LogP contribution is 2.32. The second kappa shape index (κ2) is 5.39. The van der Waals surface area contributed by atoms with Crippen molar-refractivity contribution in [3.63, 3.8) is 0 Å². The molecule has 1 aliphatic heterocycles. The van der Waals surface area contributed by atoms with Crippen LogP contribution in [-0.4, -0.2) is 46.1 Å². The number of ether oxygens (including phenoxy) is 1. The standard InChI is InChI=1S/C15H24N6O/c1-10(15(2,3)4)21-13-11(9-17-21)12(16)18-14(19-13)20-5-7-22-8-6-20/h9-10H,5-8H2,1-4H3,(H2,16,18,19)/t10-/m0/s1. The molecular weight excluding hydrogens is 280 g/mol. The zero-order chi connectivity index (χ0) is 15.9. The summed E-state index contributed by atoms with van der Waals surface area (Å²) in [5.41, 5.74) is 7.01. The van der Waals surface area contributed by atoms with E-state index in [2.05, 4.69) is 42.7 Å². The Bertz CT molecular complexity index is 668. The molecule has 0 amide bonds. The van der Waals surface area contributed by atoms with E-state index in [9.17, 15) is 0 Å². The van der Waals surface area contributed by atoms with Crippen LogP contribution in [0.1, 0.15) is 33.7 Å². The Hall–Kier alpha value is -1.89. The molecule has 120 valence electrons. The highest BCUT2D eigenvalue weighted by Gasteiger charge is 2.26. The van der Waals surface area contributed by atoms with E-state index in [1.807, 2.05) is 4.68 Å². The Morgan fingerprint density at radius 3 is 2.55 bits per heavy atom. The van der Waals surface area contributed by atoms with Crippen molar-refractivity contribution in [3.8, 4) is 0 Å². The lowest BCUT2D eigenvalue weighted by Gasteiger charge is -2.29. The first kappa shape index (κ1) is 15.0. The van der Waals surface area contributed by atoms with Gasteiger partial charge < -0.3 is 15.4 Å². The van der Waals surface area contributed by atoms with Crippen LogP contribution < -0.4 is 10.6 Å². The van der Waals surface area contributed by atoms with Gasteiger partial charge in [-0.3, -0.25) is 0 Å². The SMILES string of the molecule is C[C@H](n1ncc2c(N)nc(N3CCOCC3)nc21)C(C)(C)C. The Balaban J connectivity index is 2.07. The molecule has 0 aliphatic carbocycles. The fraction of sp³-hybridized carbons (Fsp3) is 0.667. The minimum absolute atomic E-state index is 0.0811. The topological polar surface area (TPSA) is 82.1 Å². The van der Waals surface area contributed by atoms with E-state index < -0.39 is 0 Å². The number of nitrogens with zero attached hydrogens (tertiary/aromatic N) is 5. The smallest absolute Gasteiger partial charge is 0.229 e. The molecule has 0 aromatic carbocycles. The Morgan fingerprint density at radius 2 is 1.91 bits per heavy atom. The van der Waals surface area contributed by atoms with Crippen LogP contribution in [0.25, 0.3) is 11.0 Å². The van der Waals surface area contributed by atoms with Gasteiger partial charge in [0.1, 0.15) is 5.82 Å². The molecule has 1 atom stereocenters. The summed E-state index contributed by atoms with van der Waals surface area (Å²) in [5, 5.41) is 5.31. The van der Waals surface area contributed by atoms with Gasteiger partial charge in [0, 0.05) is 13.1 Å². The minimum Gasteiger partial charge on any atom is -0.383 e. The molecule has 1 saturated heterocycles. The van der Waals surface area contributed by atoms with Crippen molar-refractivity contribution >= 4 is 22.8 Å². The number of fused-ring (bicyclic) bond motifs is 1. The lowest BCUT2D eigenvalue weighted by atomic mass is 9.88. The summed E-state index contributed by atoms with van der Waals surface area (Å²) in [6, 6.07) is 0.205. The van der Waals surface area contributed by atoms with E-state index in [0.29, 0.717) is 25.0 Å². The van der Waals surface area contributed by atoms with Crippen LogP contribution in [0.15, 0.2) is 6.20 Å². The summed E-state index contributed by atoms with van der Waals surface area (Å²) in [4.78, 5) is 11.3. The van der Waals surface area contributed by atoms with Gasteiger partial charge in [0.25, 0.3) is 0 Å². The Morgan fingerprint density at radius 1 is 1.23 bits per heavy atom. The van der Waals surface area contributed by atoms with Crippen LogP contribution >= 0.6 is 0 Å². The van der Waals surface area contributed by atoms with E-state index in [-0.39, 0.29) is 11.5 Å². The quantitative estimate of drug-likeness (QED) is 0.912. The molecule has 3 heterocycles. The maximum atomic E-state index is 6.12. The fourth-order valence-corrected chi connectivity index (χ4v) is 2.49. The number of aromatic nitrogens is 4. The maximum Gasteiger partial charge on any atom is 0.229 e. The molecule has 3 rings (SSSR count). The zero-order valence-electron chi connectivity index (χ0n) is 13.7. The molecule has 0 bridgehead atoms. The van der Waals surface area contributed by atoms with Crippen molar-refractivity contribution in [2.45, 2.75) is 33.7 Å². The summed E-state index contributed by atoms with van der Waals surface area (Å²) in [5.74, 6) is 1.15. The van der Waals surface area contributed by atoms with Gasteiger partial charge in [-0.05, 0) is 12.3 Å². The van der Waals surface area contributed by atoms with Gasteiger partial charge in [-0.2, -0.15) is 15.1 Å². The second-order valence-electron chi connectivity index (χ2n) is 6.88. The van der Waals surface area contributed by atoms with Crippen molar-refractivity contribution in [1.82, 2.24) is 19.7 Å². The molecule has 2 aromatic heterocycles. The molecule has 0 saturated carbocycles. The molecular formula is C15H24N6O. The normalized spacial score (nSPS) is 17.9. The first-order chi connectivity index (χ1) is 10.4. The predicted molar refractivity (Wildman–Crippen MR) is 86.9 cm³/mol. The van der Waals surface area contributed by atoms with E-state index in [0.717, 1.165) is 24.1 Å². The molecule has 1 aliphatic rings. The van der Waals surface area contributed by atoms with Gasteiger partial charge in [0.05, 0.1) is 30.8 Å². The van der Waals surface area contributed by atoms with Crippen LogP contribution in [0, 0.1) is 5.41 Å². The highest BCUT2D eigenvalue weighted by molar-refractivity contribution is 5.86. The van der Waals surface area contributed by atoms with Crippen LogP contribution in [0.3, 0.4) is 0 Å². The van der Waals surface area contributed by atoms with Gasteiger partial charge in [-0.1, -0.05) is 20.8 Å². The van der Waals surface area contributed by atoms with Crippen molar-refractivity contribution in [1.29, 1.82) is 0 Å². The van der Waals surface area contributed by atoms with Crippen LogP contribution in [0.2, 0.25) is 0 Å². The molecule has 0 radical (unpaired) electrons. The summed E-state index contributed by atoms with van der Waals surface area (Å²) in [6.07, 6.45) is 1.76. The molecule has 0 spiro atoms. The number of nitrogens with two attached hydrogens (primary N) is 1. The van der Waals surface area contributed by atoms with Gasteiger partial charge in [0.2, 0.25) is 5.95 Å². The summed E-state index contributed by atoms with van der Waals surface area (Å²) < 4.78 is 7.34. The first-order valence-corrected chi connectivity index (χ1v) is 7.71. The number of rotatable bonds is 2. The van der Waals surface area contributed by atoms with Gasteiger partial charge in [0.15, 0.2) is 5.65 Å². The average molecular weight is 304 g/mol. The zero-order valence-corrected chi connectivity index (χ0v) is 13.7. The van der Waals surface area contributed by atoms with Crippen LogP contribution in [-0.2, 0) is 4.74 Å². The lowest BCUT2D eigenvalue weighted by Crippen LogP contribution is -2.37. The Labute approximate surface area is 130 Å². The van der Waals surface area contributed by atoms with Crippen molar-refractivity contribution in [2.75, 3.05) is 36.9 Å². The van der Waals surface area contributed by atoms with Crippen molar-refractivity contribution in [2.24, 2.45) is 5.41 Å². The van der Waals surface area contributed by atoms with Crippen LogP contribution in [0.5, 0.6) is 0 Å². The largest absolute Gasteiger partial charge is 0.383 e. The number of morpholine rings is 1. The third-order valence-electron chi connectivity index (χ3n) is 4.39. The van der Waals surface area contributed by atoms with Crippen molar-refractivity contribution < 1.29 is 4.74 Å². The third-order valence-corrected chi connectivity index (χ3v) is 4.39. The molecule has 2 N–H and O–H groups in total. The molecule has 7 nitrogen and oxygen atoms in total. The monoisotopic (exact) mass is 304 g/mol. The summed E-state index contributed by atoms with van der Waals surface area (Å²) in [7, 11) is 0. The van der Waals surface area contributed by atoms with Crippen molar-refractivity contribution in [3.05, 3.63) is 6.20 Å². The van der Waals surface area contributed by atoms with Crippen LogP contribution in [0.4, 0.5) is 11.8 Å². The van der Waals surface area contributed by atoms with Gasteiger partial charge in [-0.25, -0.2) is 4.68 Å². The second-order valence-corrected chi connectivity index (χ2v) is 6.88. The first-order valence-electron chi connectivity index (χ1n) is 7.71.